The Balaban J connectivity index is 1.64. The first-order valence-corrected chi connectivity index (χ1v) is 9.15. The van der Waals surface area contributed by atoms with Gasteiger partial charge in [0.15, 0.2) is 0 Å². The van der Waals surface area contributed by atoms with Crippen LogP contribution in [0.3, 0.4) is 0 Å². The quantitative estimate of drug-likeness (QED) is 0.798. The fourth-order valence-electron chi connectivity index (χ4n) is 3.35. The number of anilines is 2. The molecule has 1 fully saturated rings. The molecule has 1 saturated heterocycles. The SMILES string of the molecule is COc1ccc(OC)c(CCC(=O)Nc2cc(F)cc(N3CCCC3)c2)c1. The summed E-state index contributed by atoms with van der Waals surface area (Å²) in [6.07, 6.45) is 2.99. The molecular weight excluding hydrogens is 347 g/mol. The van der Waals surface area contributed by atoms with Gasteiger partial charge in [0.2, 0.25) is 5.91 Å². The zero-order valence-corrected chi connectivity index (χ0v) is 15.8. The largest absolute Gasteiger partial charge is 0.497 e. The number of amides is 1. The second kappa shape index (κ2) is 8.75. The van der Waals surface area contributed by atoms with E-state index < -0.39 is 0 Å². The summed E-state index contributed by atoms with van der Waals surface area (Å²) >= 11 is 0. The van der Waals surface area contributed by atoms with Crippen LogP contribution in [0.15, 0.2) is 36.4 Å². The molecule has 0 aromatic heterocycles. The van der Waals surface area contributed by atoms with Crippen molar-refractivity contribution in [2.24, 2.45) is 0 Å². The van der Waals surface area contributed by atoms with Crippen LogP contribution in [0.1, 0.15) is 24.8 Å². The highest BCUT2D eigenvalue weighted by Crippen LogP contribution is 2.27. The van der Waals surface area contributed by atoms with Gasteiger partial charge in [0.1, 0.15) is 17.3 Å². The highest BCUT2D eigenvalue weighted by molar-refractivity contribution is 5.91. The maximum atomic E-state index is 14.0. The van der Waals surface area contributed by atoms with Crippen LogP contribution < -0.4 is 19.7 Å². The number of benzene rings is 2. The van der Waals surface area contributed by atoms with Gasteiger partial charge in [-0.2, -0.15) is 0 Å². The van der Waals surface area contributed by atoms with Gasteiger partial charge in [-0.25, -0.2) is 4.39 Å². The van der Waals surface area contributed by atoms with E-state index in [1.165, 1.54) is 12.1 Å². The number of halogens is 1. The lowest BCUT2D eigenvalue weighted by Gasteiger charge is -2.19. The second-order valence-corrected chi connectivity index (χ2v) is 6.62. The molecule has 5 nitrogen and oxygen atoms in total. The summed E-state index contributed by atoms with van der Waals surface area (Å²) in [6.45, 7) is 1.85. The van der Waals surface area contributed by atoms with Crippen LogP contribution in [0, 0.1) is 5.82 Å². The minimum Gasteiger partial charge on any atom is -0.497 e. The first kappa shape index (κ1) is 19.0. The third-order valence-electron chi connectivity index (χ3n) is 4.75. The molecule has 0 aliphatic carbocycles. The van der Waals surface area contributed by atoms with Crippen LogP contribution in [0.5, 0.6) is 11.5 Å². The monoisotopic (exact) mass is 372 g/mol. The number of carbonyl (C=O) groups is 1. The van der Waals surface area contributed by atoms with Gasteiger partial charge in [-0.05, 0) is 61.2 Å². The Morgan fingerprint density at radius 3 is 2.59 bits per heavy atom. The van der Waals surface area contributed by atoms with E-state index in [1.54, 1.807) is 14.2 Å². The summed E-state index contributed by atoms with van der Waals surface area (Å²) in [4.78, 5) is 14.5. The molecule has 2 aromatic rings. The van der Waals surface area contributed by atoms with Crippen molar-refractivity contribution in [1.29, 1.82) is 0 Å². The summed E-state index contributed by atoms with van der Waals surface area (Å²) in [7, 11) is 3.19. The van der Waals surface area contributed by atoms with Crippen molar-refractivity contribution in [3.8, 4) is 11.5 Å². The maximum Gasteiger partial charge on any atom is 0.224 e. The topological polar surface area (TPSA) is 50.8 Å². The molecule has 0 bridgehead atoms. The van der Waals surface area contributed by atoms with Crippen molar-refractivity contribution in [1.82, 2.24) is 0 Å². The van der Waals surface area contributed by atoms with E-state index >= 15 is 0 Å². The van der Waals surface area contributed by atoms with Crippen molar-refractivity contribution in [3.05, 3.63) is 47.8 Å². The van der Waals surface area contributed by atoms with Crippen LogP contribution >= 0.6 is 0 Å². The fourth-order valence-corrected chi connectivity index (χ4v) is 3.35. The number of nitrogens with one attached hydrogen (secondary N) is 1. The smallest absolute Gasteiger partial charge is 0.224 e. The zero-order valence-electron chi connectivity index (χ0n) is 15.8. The highest BCUT2D eigenvalue weighted by atomic mass is 19.1. The summed E-state index contributed by atoms with van der Waals surface area (Å²) in [5.41, 5.74) is 2.20. The lowest BCUT2D eigenvalue weighted by atomic mass is 10.1. The molecule has 0 radical (unpaired) electrons. The molecule has 0 unspecified atom stereocenters. The molecule has 1 aliphatic heterocycles. The van der Waals surface area contributed by atoms with E-state index in [-0.39, 0.29) is 18.1 Å². The lowest BCUT2D eigenvalue weighted by molar-refractivity contribution is -0.116. The van der Waals surface area contributed by atoms with Crippen LogP contribution in [0.4, 0.5) is 15.8 Å². The van der Waals surface area contributed by atoms with Gasteiger partial charge in [-0.1, -0.05) is 0 Å². The van der Waals surface area contributed by atoms with Crippen molar-refractivity contribution in [2.45, 2.75) is 25.7 Å². The van der Waals surface area contributed by atoms with E-state index in [1.807, 2.05) is 24.3 Å². The van der Waals surface area contributed by atoms with Gasteiger partial charge < -0.3 is 19.7 Å². The van der Waals surface area contributed by atoms with Crippen LogP contribution in [-0.2, 0) is 11.2 Å². The molecule has 3 rings (SSSR count). The van der Waals surface area contributed by atoms with E-state index in [0.717, 1.165) is 37.2 Å². The Bertz CT molecular complexity index is 804. The van der Waals surface area contributed by atoms with Crippen LogP contribution in [-0.4, -0.2) is 33.2 Å². The predicted octanol–water partition coefficient (Wildman–Crippen LogP) is 4.01. The van der Waals surface area contributed by atoms with Crippen molar-refractivity contribution in [3.63, 3.8) is 0 Å². The van der Waals surface area contributed by atoms with Crippen molar-refractivity contribution in [2.75, 3.05) is 37.5 Å². The number of hydrogen-bond acceptors (Lipinski definition) is 4. The molecule has 0 atom stereocenters. The van der Waals surface area contributed by atoms with Crippen LogP contribution in [0.25, 0.3) is 0 Å². The number of nitrogens with zero attached hydrogens (tertiary/aromatic N) is 1. The number of methoxy groups -OCH3 is 2. The van der Waals surface area contributed by atoms with Crippen molar-refractivity contribution < 1.29 is 18.7 Å². The molecule has 1 amide bonds. The molecule has 27 heavy (non-hydrogen) atoms. The predicted molar refractivity (Wildman–Crippen MR) is 104 cm³/mol. The summed E-state index contributed by atoms with van der Waals surface area (Å²) in [5.74, 6) is 0.916. The Morgan fingerprint density at radius 2 is 1.89 bits per heavy atom. The first-order chi connectivity index (χ1) is 13.1. The Kier molecular flexibility index (Phi) is 6.16. The average Bonchev–Trinajstić information content (AvgIpc) is 3.20. The molecule has 0 spiro atoms. The summed E-state index contributed by atoms with van der Waals surface area (Å²) in [5, 5.41) is 2.81. The van der Waals surface area contributed by atoms with Gasteiger partial charge in [-0.3, -0.25) is 4.79 Å². The zero-order chi connectivity index (χ0) is 19.2. The third kappa shape index (κ3) is 4.90. The highest BCUT2D eigenvalue weighted by Gasteiger charge is 2.15. The minimum absolute atomic E-state index is 0.169. The Morgan fingerprint density at radius 1 is 1.11 bits per heavy atom. The molecule has 6 heteroatoms. The van der Waals surface area contributed by atoms with Gasteiger partial charge in [0.25, 0.3) is 0 Å². The third-order valence-corrected chi connectivity index (χ3v) is 4.75. The van der Waals surface area contributed by atoms with Crippen molar-refractivity contribution >= 4 is 17.3 Å². The van der Waals surface area contributed by atoms with E-state index in [2.05, 4.69) is 10.2 Å². The van der Waals surface area contributed by atoms with E-state index in [9.17, 15) is 9.18 Å². The number of carbonyl (C=O) groups excluding carboxylic acids is 1. The Hall–Kier alpha value is -2.76. The molecule has 1 heterocycles. The lowest BCUT2D eigenvalue weighted by Crippen LogP contribution is -2.18. The van der Waals surface area contributed by atoms with Crippen LogP contribution in [0.2, 0.25) is 0 Å². The standard InChI is InChI=1S/C21H25FN2O3/c1-26-19-6-7-20(27-2)15(11-19)5-8-21(25)23-17-12-16(22)13-18(14-17)24-9-3-4-10-24/h6-7,11-14H,3-5,8-10H2,1-2H3,(H,23,25). The Labute approximate surface area is 159 Å². The maximum absolute atomic E-state index is 14.0. The van der Waals surface area contributed by atoms with E-state index in [4.69, 9.17) is 9.47 Å². The molecule has 2 aromatic carbocycles. The molecule has 1 N–H and O–H groups in total. The van der Waals surface area contributed by atoms with Gasteiger partial charge in [0.05, 0.1) is 14.2 Å². The average molecular weight is 372 g/mol. The van der Waals surface area contributed by atoms with Gasteiger partial charge in [0, 0.05) is 30.9 Å². The second-order valence-electron chi connectivity index (χ2n) is 6.62. The summed E-state index contributed by atoms with van der Waals surface area (Å²) < 4.78 is 24.5. The minimum atomic E-state index is -0.343. The molecule has 0 saturated carbocycles. The number of hydrogen-bond donors (Lipinski definition) is 1. The number of aryl methyl sites for hydroxylation is 1. The molecule has 1 aliphatic rings. The van der Waals surface area contributed by atoms with E-state index in [0.29, 0.717) is 23.6 Å². The van der Waals surface area contributed by atoms with Gasteiger partial charge in [-0.15, -0.1) is 0 Å². The first-order valence-electron chi connectivity index (χ1n) is 9.15. The fraction of sp³-hybridized carbons (Fsp3) is 0.381. The number of ether oxygens (including phenoxy) is 2. The summed E-state index contributed by atoms with van der Waals surface area (Å²) in [6, 6.07) is 10.2. The van der Waals surface area contributed by atoms with Gasteiger partial charge >= 0.3 is 0 Å². The normalized spacial score (nSPS) is 13.5. The molecular formula is C21H25FN2O3. The molecule has 144 valence electrons. The number of rotatable bonds is 7.